The van der Waals surface area contributed by atoms with E-state index in [-0.39, 0.29) is 22.9 Å². The van der Waals surface area contributed by atoms with Crippen molar-refractivity contribution in [1.82, 2.24) is 29.9 Å². The van der Waals surface area contributed by atoms with Gasteiger partial charge in [-0.1, -0.05) is 159 Å². The molecule has 2 aromatic carbocycles. The van der Waals surface area contributed by atoms with Crippen molar-refractivity contribution in [3.63, 3.8) is 0 Å². The Labute approximate surface area is 307 Å². The summed E-state index contributed by atoms with van der Waals surface area (Å²) < 4.78 is 0.917. The Hall–Kier alpha value is -3.12. The Morgan fingerprint density at radius 2 is 0.896 bits per heavy atom. The summed E-state index contributed by atoms with van der Waals surface area (Å²) in [5.74, 6) is 1.62. The number of aromatic amines is 2. The van der Waals surface area contributed by atoms with Crippen LogP contribution in [0.15, 0.2) is 60.9 Å². The fourth-order valence-corrected chi connectivity index (χ4v) is 7.52. The average Bonchev–Trinajstić information content (AvgIpc) is 3.83. The Morgan fingerprint density at radius 1 is 0.562 bits per heavy atom. The zero-order chi connectivity index (χ0) is 34.4. The second-order valence-corrected chi connectivity index (χ2v) is 17.5. The number of rotatable bonds is 9. The maximum absolute atomic E-state index is 6.15. The zero-order valence-electron chi connectivity index (χ0n) is 27.0. The lowest BCUT2D eigenvalue weighted by atomic mass is 9.86. The summed E-state index contributed by atoms with van der Waals surface area (Å²) in [6.07, 6.45) is 3.72. The van der Waals surface area contributed by atoms with Crippen LogP contribution in [0.5, 0.6) is 0 Å². The lowest BCUT2D eigenvalue weighted by Gasteiger charge is -2.29. The third-order valence-corrected chi connectivity index (χ3v) is 11.2. The third-order valence-electron chi connectivity index (χ3n) is 7.83. The Morgan fingerprint density at radius 3 is 1.19 bits per heavy atom. The summed E-state index contributed by atoms with van der Waals surface area (Å²) in [4.78, 5) is 25.1. The van der Waals surface area contributed by atoms with Crippen LogP contribution in [-0.2, 0) is 0 Å². The highest BCUT2D eigenvalue weighted by Gasteiger charge is 2.31. The molecular weight excluding hydrogens is 726 g/mol. The molecule has 0 radical (unpaired) electrons. The average molecular weight is 761 g/mol. The van der Waals surface area contributed by atoms with Gasteiger partial charge in [0.1, 0.15) is 20.3 Å². The number of anilines is 2. The number of halogens is 4. The van der Waals surface area contributed by atoms with E-state index in [2.05, 4.69) is 121 Å². The van der Waals surface area contributed by atoms with Crippen LogP contribution >= 0.6 is 69.1 Å². The molecule has 2 atom stereocenters. The molecule has 48 heavy (non-hydrogen) atoms. The molecule has 0 saturated carbocycles. The van der Waals surface area contributed by atoms with Gasteiger partial charge in [0.25, 0.3) is 0 Å². The molecule has 0 fully saturated rings. The molecule has 4 aromatic heterocycles. The molecule has 0 saturated heterocycles. The smallest absolute Gasteiger partial charge is 0.186 e. The van der Waals surface area contributed by atoms with E-state index in [1.807, 2.05) is 12.4 Å². The number of imidazole rings is 2. The van der Waals surface area contributed by atoms with Crippen molar-refractivity contribution in [2.75, 3.05) is 10.6 Å². The van der Waals surface area contributed by atoms with E-state index in [0.717, 1.165) is 45.3 Å². The van der Waals surface area contributed by atoms with Gasteiger partial charge in [0.15, 0.2) is 20.6 Å². The van der Waals surface area contributed by atoms with Crippen LogP contribution in [0, 0.1) is 10.8 Å². The summed E-state index contributed by atoms with van der Waals surface area (Å²) in [5.41, 5.74) is 5.83. The van der Waals surface area contributed by atoms with E-state index in [1.54, 1.807) is 0 Å². The van der Waals surface area contributed by atoms with Gasteiger partial charge in [-0.3, -0.25) is 0 Å². The molecule has 0 aliphatic rings. The number of aromatic nitrogens is 6. The Balaban J connectivity index is 1.16. The molecule has 0 bridgehead atoms. The summed E-state index contributed by atoms with van der Waals surface area (Å²) in [5, 5.41) is 8.82. The minimum Gasteiger partial charge on any atom is -0.351 e. The largest absolute Gasteiger partial charge is 0.351 e. The number of hydrogen-bond acceptors (Lipinski definition) is 8. The molecule has 14 heteroatoms. The monoisotopic (exact) mass is 758 g/mol. The lowest BCUT2D eigenvalue weighted by Crippen LogP contribution is -2.26. The van der Waals surface area contributed by atoms with Crippen LogP contribution in [-0.4, -0.2) is 29.9 Å². The minimum atomic E-state index is -0.163. The maximum atomic E-state index is 6.15. The molecule has 4 heterocycles. The molecule has 0 spiro atoms. The maximum Gasteiger partial charge on any atom is 0.186 e. The zero-order valence-corrected chi connectivity index (χ0v) is 31.7. The number of nitrogens with one attached hydrogen (secondary N) is 4. The molecular formula is C34H34Cl4N8S2. The van der Waals surface area contributed by atoms with Gasteiger partial charge in [-0.25, -0.2) is 19.9 Å². The van der Waals surface area contributed by atoms with Crippen LogP contribution in [0.3, 0.4) is 0 Å². The highest BCUT2D eigenvalue weighted by atomic mass is 35.5. The van der Waals surface area contributed by atoms with Crippen molar-refractivity contribution in [2.45, 2.75) is 53.6 Å². The summed E-state index contributed by atoms with van der Waals surface area (Å²) in [6, 6.07) is 16.6. The molecule has 8 nitrogen and oxygen atoms in total. The molecule has 4 N–H and O–H groups in total. The normalized spacial score (nSPS) is 13.5. The molecule has 0 aliphatic carbocycles. The SMILES string of the molecule is CC(C)(C)[C@H](Nc1nc(Cl)c(Cl)s1)c1ncc(-c2ccc(-c3ccc(-c4cnc([C@@H](Nc5nc(Cl)c(Cl)s5)C(C)(C)C)[nH]4)cc3)cc2)[nH]1. The molecule has 6 aromatic rings. The highest BCUT2D eigenvalue weighted by molar-refractivity contribution is 7.20. The lowest BCUT2D eigenvalue weighted by molar-refractivity contribution is 0.337. The van der Waals surface area contributed by atoms with Crippen LogP contribution in [0.2, 0.25) is 19.0 Å². The van der Waals surface area contributed by atoms with Crippen molar-refractivity contribution >= 4 is 79.3 Å². The van der Waals surface area contributed by atoms with E-state index < -0.39 is 0 Å². The van der Waals surface area contributed by atoms with Crippen molar-refractivity contribution in [3.05, 3.63) is 91.6 Å². The molecule has 0 unspecified atom stereocenters. The predicted molar refractivity (Wildman–Crippen MR) is 203 cm³/mol. The van der Waals surface area contributed by atoms with E-state index in [0.29, 0.717) is 29.2 Å². The van der Waals surface area contributed by atoms with E-state index in [1.165, 1.54) is 22.7 Å². The van der Waals surface area contributed by atoms with Gasteiger partial charge in [-0.05, 0) is 33.1 Å². The van der Waals surface area contributed by atoms with E-state index >= 15 is 0 Å². The number of benzene rings is 2. The first kappa shape index (κ1) is 34.7. The first-order valence-corrected chi connectivity index (χ1v) is 18.3. The topological polar surface area (TPSA) is 107 Å². The number of thiazole rings is 2. The van der Waals surface area contributed by atoms with Gasteiger partial charge in [0, 0.05) is 0 Å². The van der Waals surface area contributed by atoms with Crippen LogP contribution in [0.25, 0.3) is 33.6 Å². The molecule has 0 amide bonds. The fraction of sp³-hybridized carbons (Fsp3) is 0.294. The third kappa shape index (κ3) is 7.69. The first-order valence-electron chi connectivity index (χ1n) is 15.1. The quantitative estimate of drug-likeness (QED) is 0.117. The standard InChI is InChI=1S/C34H34Cl4N8S2/c1-33(2,3)23(43-31-45-25(35)27(37)47-31)29-39-15-21(41-29)19-11-7-17(8-12-19)18-9-13-20(14-10-18)22-16-40-30(42-22)24(34(4,5)6)44-32-46-26(36)28(38)48-32/h7-16,23-24H,1-6H3,(H,39,41)(H,40,42)(H,43,45)(H,44,46)/t23-,24-/m1/s1. The van der Waals surface area contributed by atoms with E-state index in [4.69, 9.17) is 56.4 Å². The number of nitrogens with zero attached hydrogens (tertiary/aromatic N) is 4. The predicted octanol–water partition coefficient (Wildman–Crippen LogP) is 12.1. The van der Waals surface area contributed by atoms with Crippen molar-refractivity contribution in [2.24, 2.45) is 10.8 Å². The van der Waals surface area contributed by atoms with Gasteiger partial charge in [-0.15, -0.1) is 0 Å². The van der Waals surface area contributed by atoms with Gasteiger partial charge >= 0.3 is 0 Å². The minimum absolute atomic E-state index is 0.139. The second-order valence-electron chi connectivity index (χ2n) is 13.6. The van der Waals surface area contributed by atoms with Crippen LogP contribution in [0.4, 0.5) is 10.3 Å². The fourth-order valence-electron chi connectivity index (χ4n) is 5.27. The Kier molecular flexibility index (Phi) is 9.88. The van der Waals surface area contributed by atoms with Crippen LogP contribution < -0.4 is 10.6 Å². The number of H-pyrrole nitrogens is 2. The van der Waals surface area contributed by atoms with Gasteiger partial charge in [0.2, 0.25) is 0 Å². The van der Waals surface area contributed by atoms with Gasteiger partial charge in [0.05, 0.1) is 35.9 Å². The summed E-state index contributed by atoms with van der Waals surface area (Å²) in [7, 11) is 0. The molecule has 6 rings (SSSR count). The van der Waals surface area contributed by atoms with Gasteiger partial charge < -0.3 is 20.6 Å². The molecule has 250 valence electrons. The van der Waals surface area contributed by atoms with E-state index in [9.17, 15) is 0 Å². The van der Waals surface area contributed by atoms with Crippen LogP contribution in [0.1, 0.15) is 65.3 Å². The van der Waals surface area contributed by atoms with Gasteiger partial charge in [-0.2, -0.15) is 0 Å². The van der Waals surface area contributed by atoms with Crippen molar-refractivity contribution in [3.8, 4) is 33.6 Å². The first-order chi connectivity index (χ1) is 22.7. The van der Waals surface area contributed by atoms with Crippen molar-refractivity contribution in [1.29, 1.82) is 0 Å². The Bertz CT molecular complexity index is 1830. The molecule has 0 aliphatic heterocycles. The number of hydrogen-bond donors (Lipinski definition) is 4. The second kappa shape index (κ2) is 13.7. The highest BCUT2D eigenvalue weighted by Crippen LogP contribution is 2.41. The summed E-state index contributed by atoms with van der Waals surface area (Å²) in [6.45, 7) is 12.9. The van der Waals surface area contributed by atoms with Crippen molar-refractivity contribution < 1.29 is 0 Å². The summed E-state index contributed by atoms with van der Waals surface area (Å²) >= 11 is 27.1.